The number of ether oxygens (including phenoxy) is 1. The number of hydrogen-bond donors (Lipinski definition) is 1. The quantitative estimate of drug-likeness (QED) is 0.605. The van der Waals surface area contributed by atoms with Gasteiger partial charge in [-0.25, -0.2) is 4.98 Å². The maximum Gasteiger partial charge on any atom is 0.244 e. The average Bonchev–Trinajstić information content (AvgIpc) is 3.11. The molecule has 0 spiro atoms. The first-order valence-electron chi connectivity index (χ1n) is 8.69. The highest BCUT2D eigenvalue weighted by molar-refractivity contribution is 7.09. The van der Waals surface area contributed by atoms with Crippen LogP contribution in [0, 0.1) is 6.92 Å². The molecule has 0 aliphatic carbocycles. The van der Waals surface area contributed by atoms with Gasteiger partial charge in [-0.1, -0.05) is 18.2 Å². The number of nitrogens with zero attached hydrogens (tertiary/aromatic N) is 2. The van der Waals surface area contributed by atoms with Crippen LogP contribution < -0.4 is 10.1 Å². The summed E-state index contributed by atoms with van der Waals surface area (Å²) in [6, 6.07) is 13.4. The fourth-order valence-corrected chi connectivity index (χ4v) is 3.03. The lowest BCUT2D eigenvalue weighted by atomic mass is 10.2. The third-order valence-corrected chi connectivity index (χ3v) is 4.57. The molecule has 0 fully saturated rings. The van der Waals surface area contributed by atoms with Crippen LogP contribution in [0.5, 0.6) is 5.75 Å². The molecule has 0 radical (unpaired) electrons. The van der Waals surface area contributed by atoms with Gasteiger partial charge in [0.1, 0.15) is 12.4 Å². The number of carbonyl (C=O) groups is 1. The number of hydrogen-bond acceptors (Lipinski definition) is 5. The highest BCUT2D eigenvalue weighted by atomic mass is 32.1. The zero-order valence-electron chi connectivity index (χ0n) is 15.1. The smallest absolute Gasteiger partial charge is 0.244 e. The molecular weight excluding hydrogens is 358 g/mol. The van der Waals surface area contributed by atoms with Crippen molar-refractivity contribution in [3.63, 3.8) is 0 Å². The van der Waals surface area contributed by atoms with E-state index in [1.807, 2.05) is 54.8 Å². The molecule has 1 N–H and O–H groups in total. The van der Waals surface area contributed by atoms with Crippen molar-refractivity contribution in [2.75, 3.05) is 6.54 Å². The molecule has 2 heterocycles. The molecule has 0 saturated carbocycles. The van der Waals surface area contributed by atoms with Crippen molar-refractivity contribution in [3.8, 4) is 5.75 Å². The van der Waals surface area contributed by atoms with E-state index < -0.39 is 0 Å². The topological polar surface area (TPSA) is 64.1 Å². The molecule has 0 unspecified atom stereocenters. The minimum absolute atomic E-state index is 0.129. The van der Waals surface area contributed by atoms with E-state index in [1.54, 1.807) is 23.6 Å². The van der Waals surface area contributed by atoms with Gasteiger partial charge in [-0.05, 0) is 42.8 Å². The minimum Gasteiger partial charge on any atom is -0.487 e. The molecule has 3 rings (SSSR count). The molecule has 0 bridgehead atoms. The Morgan fingerprint density at radius 1 is 1.22 bits per heavy atom. The van der Waals surface area contributed by atoms with E-state index in [1.165, 1.54) is 6.08 Å². The van der Waals surface area contributed by atoms with E-state index in [4.69, 9.17) is 4.74 Å². The molecule has 27 heavy (non-hydrogen) atoms. The minimum atomic E-state index is -0.129. The fraction of sp³-hybridized carbons (Fsp3) is 0.190. The lowest BCUT2D eigenvalue weighted by molar-refractivity contribution is -0.116. The van der Waals surface area contributed by atoms with Crippen LogP contribution in [-0.2, 0) is 17.8 Å². The summed E-state index contributed by atoms with van der Waals surface area (Å²) in [5.41, 5.74) is 2.79. The molecule has 0 aliphatic heterocycles. The second kappa shape index (κ2) is 9.64. The summed E-state index contributed by atoms with van der Waals surface area (Å²) in [6.45, 7) is 2.96. The Kier molecular flexibility index (Phi) is 6.71. The third-order valence-electron chi connectivity index (χ3n) is 3.75. The Morgan fingerprint density at radius 3 is 2.93 bits per heavy atom. The third kappa shape index (κ3) is 6.34. The average molecular weight is 379 g/mol. The summed E-state index contributed by atoms with van der Waals surface area (Å²) >= 11 is 1.61. The molecule has 0 atom stereocenters. The Labute approximate surface area is 162 Å². The van der Waals surface area contributed by atoms with Crippen LogP contribution in [0.2, 0.25) is 0 Å². The Morgan fingerprint density at radius 2 is 2.15 bits per heavy atom. The summed E-state index contributed by atoms with van der Waals surface area (Å²) in [4.78, 5) is 20.6. The number of rotatable bonds is 8. The number of aryl methyl sites for hydroxylation is 1. The molecule has 6 heteroatoms. The second-order valence-corrected chi connectivity index (χ2v) is 6.98. The van der Waals surface area contributed by atoms with Gasteiger partial charge in [0.15, 0.2) is 0 Å². The first kappa shape index (κ1) is 18.8. The molecule has 1 amide bonds. The Hall–Kier alpha value is -2.99. The van der Waals surface area contributed by atoms with Gasteiger partial charge >= 0.3 is 0 Å². The van der Waals surface area contributed by atoms with Gasteiger partial charge < -0.3 is 10.1 Å². The van der Waals surface area contributed by atoms with Crippen molar-refractivity contribution in [2.45, 2.75) is 20.0 Å². The van der Waals surface area contributed by atoms with Crippen molar-refractivity contribution in [1.29, 1.82) is 0 Å². The molecule has 3 aromatic rings. The van der Waals surface area contributed by atoms with Crippen LogP contribution in [0.25, 0.3) is 6.08 Å². The van der Waals surface area contributed by atoms with Crippen LogP contribution in [0.3, 0.4) is 0 Å². The Balaban J connectivity index is 1.47. The van der Waals surface area contributed by atoms with E-state index in [0.717, 1.165) is 27.7 Å². The van der Waals surface area contributed by atoms with Crippen molar-refractivity contribution < 1.29 is 9.53 Å². The van der Waals surface area contributed by atoms with Crippen LogP contribution >= 0.6 is 11.3 Å². The van der Waals surface area contributed by atoms with E-state index in [2.05, 4.69) is 15.3 Å². The fourth-order valence-electron chi connectivity index (χ4n) is 2.43. The van der Waals surface area contributed by atoms with Gasteiger partial charge in [-0.2, -0.15) is 0 Å². The van der Waals surface area contributed by atoms with Crippen molar-refractivity contribution in [3.05, 3.63) is 82.1 Å². The van der Waals surface area contributed by atoms with E-state index >= 15 is 0 Å². The molecule has 138 valence electrons. The lowest BCUT2D eigenvalue weighted by Crippen LogP contribution is -2.23. The molecule has 2 aromatic heterocycles. The number of pyridine rings is 1. The van der Waals surface area contributed by atoms with Crippen molar-refractivity contribution >= 4 is 23.3 Å². The van der Waals surface area contributed by atoms with Gasteiger partial charge in [0.2, 0.25) is 5.91 Å². The number of carbonyl (C=O) groups excluding carboxylic acids is 1. The second-order valence-electron chi connectivity index (χ2n) is 5.91. The summed E-state index contributed by atoms with van der Waals surface area (Å²) < 4.78 is 5.77. The highest BCUT2D eigenvalue weighted by Crippen LogP contribution is 2.17. The number of nitrogens with one attached hydrogen (secondary N) is 1. The molecule has 5 nitrogen and oxygen atoms in total. The maximum atomic E-state index is 11.9. The Bertz CT molecular complexity index is 907. The zero-order valence-corrected chi connectivity index (χ0v) is 15.9. The normalized spacial score (nSPS) is 10.9. The maximum absolute atomic E-state index is 11.9. The van der Waals surface area contributed by atoms with E-state index in [0.29, 0.717) is 19.6 Å². The molecule has 0 aliphatic rings. The van der Waals surface area contributed by atoms with Gasteiger partial charge in [0, 0.05) is 36.3 Å². The predicted octanol–water partition coefficient (Wildman–Crippen LogP) is 3.80. The van der Waals surface area contributed by atoms with Crippen molar-refractivity contribution in [1.82, 2.24) is 15.3 Å². The number of thiazole rings is 1. The van der Waals surface area contributed by atoms with E-state index in [9.17, 15) is 4.79 Å². The molecule has 0 saturated heterocycles. The zero-order chi connectivity index (χ0) is 18.9. The summed E-state index contributed by atoms with van der Waals surface area (Å²) in [5, 5.41) is 5.88. The van der Waals surface area contributed by atoms with Gasteiger partial charge in [0.05, 0.1) is 10.7 Å². The van der Waals surface area contributed by atoms with Gasteiger partial charge in [-0.3, -0.25) is 9.78 Å². The monoisotopic (exact) mass is 379 g/mol. The number of aromatic nitrogens is 2. The molecule has 1 aromatic carbocycles. The predicted molar refractivity (Wildman–Crippen MR) is 108 cm³/mol. The van der Waals surface area contributed by atoms with Crippen LogP contribution in [0.15, 0.2) is 60.1 Å². The lowest BCUT2D eigenvalue weighted by Gasteiger charge is -2.05. The van der Waals surface area contributed by atoms with Gasteiger partial charge in [-0.15, -0.1) is 11.3 Å². The van der Waals surface area contributed by atoms with E-state index in [-0.39, 0.29) is 5.91 Å². The number of amides is 1. The summed E-state index contributed by atoms with van der Waals surface area (Å²) in [7, 11) is 0. The first-order valence-corrected chi connectivity index (χ1v) is 9.57. The summed E-state index contributed by atoms with van der Waals surface area (Å²) in [6.07, 6.45) is 5.76. The van der Waals surface area contributed by atoms with Gasteiger partial charge in [0.25, 0.3) is 0 Å². The molecular formula is C21H21N3O2S. The number of benzene rings is 1. The largest absolute Gasteiger partial charge is 0.487 e. The first-order chi connectivity index (χ1) is 13.2. The standard InChI is InChI=1S/C21H21N3O2S/c1-16-24-19(15-27-16)14-26-20-7-4-5-17(13-20)8-9-21(25)23-12-10-18-6-2-3-11-22-18/h2-9,11,13,15H,10,12,14H2,1H3,(H,23,25). The van der Waals surface area contributed by atoms with Crippen molar-refractivity contribution in [2.24, 2.45) is 0 Å². The van der Waals surface area contributed by atoms with Crippen LogP contribution in [0.1, 0.15) is 22.0 Å². The van der Waals surface area contributed by atoms with Crippen LogP contribution in [-0.4, -0.2) is 22.4 Å². The van der Waals surface area contributed by atoms with Crippen LogP contribution in [0.4, 0.5) is 0 Å². The highest BCUT2D eigenvalue weighted by Gasteiger charge is 2.01. The SMILES string of the molecule is Cc1nc(COc2cccc(C=CC(=O)NCCc3ccccn3)c2)cs1. The summed E-state index contributed by atoms with van der Waals surface area (Å²) in [5.74, 6) is 0.619.